The molecule has 0 saturated carbocycles. The van der Waals surface area contributed by atoms with Crippen molar-refractivity contribution in [2.24, 2.45) is 0 Å². The fourth-order valence-corrected chi connectivity index (χ4v) is 2.96. The molecule has 142 valence electrons. The molecule has 1 aromatic carbocycles. The summed E-state index contributed by atoms with van der Waals surface area (Å²) in [5, 5.41) is 0. The van der Waals surface area contributed by atoms with Gasteiger partial charge >= 0.3 is 12.1 Å². The van der Waals surface area contributed by atoms with Crippen LogP contribution in [0.3, 0.4) is 0 Å². The molecule has 0 bridgehead atoms. The van der Waals surface area contributed by atoms with Crippen LogP contribution in [0, 0.1) is 11.6 Å². The van der Waals surface area contributed by atoms with Gasteiger partial charge in [-0.05, 0) is 51.3 Å². The average molecular weight is 367 g/mol. The normalized spacial score (nSPS) is 20.5. The lowest BCUT2D eigenvalue weighted by Gasteiger charge is -2.32. The van der Waals surface area contributed by atoms with Crippen LogP contribution in [0.15, 0.2) is 30.4 Å². The number of halogens is 2. The SMILES string of the molecule is COC(=O)/C=C/[C@H]1CC[C@@H](c2cc(F)cc(F)c2)N1C(=O)OC(C)(C)C. The predicted molar refractivity (Wildman–Crippen MR) is 91.4 cm³/mol. The molecule has 5 nitrogen and oxygen atoms in total. The number of rotatable bonds is 3. The van der Waals surface area contributed by atoms with E-state index in [9.17, 15) is 18.4 Å². The lowest BCUT2D eigenvalue weighted by Crippen LogP contribution is -2.40. The highest BCUT2D eigenvalue weighted by Gasteiger charge is 2.39. The second-order valence-electron chi connectivity index (χ2n) is 7.13. The number of hydrogen-bond donors (Lipinski definition) is 0. The molecule has 0 N–H and O–H groups in total. The zero-order valence-electron chi connectivity index (χ0n) is 15.3. The van der Waals surface area contributed by atoms with Crippen LogP contribution in [0.2, 0.25) is 0 Å². The van der Waals surface area contributed by atoms with Gasteiger partial charge in [0.2, 0.25) is 0 Å². The Kier molecular flexibility index (Phi) is 6.00. The van der Waals surface area contributed by atoms with Crippen molar-refractivity contribution in [2.45, 2.75) is 51.3 Å². The molecule has 1 aliphatic rings. The summed E-state index contributed by atoms with van der Waals surface area (Å²) in [5.74, 6) is -1.97. The third kappa shape index (κ3) is 5.03. The number of carbonyl (C=O) groups is 2. The molecule has 1 aromatic rings. The first kappa shape index (κ1) is 19.9. The van der Waals surface area contributed by atoms with Gasteiger partial charge in [0.15, 0.2) is 0 Å². The molecule has 0 spiro atoms. The van der Waals surface area contributed by atoms with E-state index in [-0.39, 0.29) is 0 Å². The van der Waals surface area contributed by atoms with Crippen molar-refractivity contribution in [3.63, 3.8) is 0 Å². The van der Waals surface area contributed by atoms with Gasteiger partial charge in [-0.15, -0.1) is 0 Å². The molecule has 1 aliphatic heterocycles. The van der Waals surface area contributed by atoms with Crippen molar-refractivity contribution in [3.8, 4) is 0 Å². The van der Waals surface area contributed by atoms with Crippen molar-refractivity contribution < 1.29 is 27.8 Å². The number of benzene rings is 1. The van der Waals surface area contributed by atoms with Gasteiger partial charge in [0, 0.05) is 12.1 Å². The molecule has 1 fully saturated rings. The van der Waals surface area contributed by atoms with E-state index in [1.54, 1.807) is 26.8 Å². The molecule has 0 radical (unpaired) electrons. The zero-order valence-corrected chi connectivity index (χ0v) is 15.3. The van der Waals surface area contributed by atoms with Crippen molar-refractivity contribution in [2.75, 3.05) is 7.11 Å². The van der Waals surface area contributed by atoms with Crippen molar-refractivity contribution in [1.82, 2.24) is 4.90 Å². The number of amides is 1. The van der Waals surface area contributed by atoms with E-state index in [1.807, 2.05) is 0 Å². The smallest absolute Gasteiger partial charge is 0.411 e. The molecule has 2 rings (SSSR count). The molecule has 1 saturated heterocycles. The summed E-state index contributed by atoms with van der Waals surface area (Å²) >= 11 is 0. The van der Waals surface area contributed by atoms with Gasteiger partial charge in [0.05, 0.1) is 19.2 Å². The van der Waals surface area contributed by atoms with Crippen LogP contribution in [0.4, 0.5) is 13.6 Å². The lowest BCUT2D eigenvalue weighted by molar-refractivity contribution is -0.134. The average Bonchev–Trinajstić information content (AvgIpc) is 2.94. The number of methoxy groups -OCH3 is 1. The Morgan fingerprint density at radius 2 is 1.77 bits per heavy atom. The van der Waals surface area contributed by atoms with Crippen LogP contribution in [-0.4, -0.2) is 35.7 Å². The van der Waals surface area contributed by atoms with E-state index in [1.165, 1.54) is 30.2 Å². The number of hydrogen-bond acceptors (Lipinski definition) is 4. The van der Waals surface area contributed by atoms with Gasteiger partial charge in [-0.1, -0.05) is 6.08 Å². The predicted octanol–water partition coefficient (Wildman–Crippen LogP) is 4.13. The highest BCUT2D eigenvalue weighted by Crippen LogP contribution is 2.38. The van der Waals surface area contributed by atoms with Gasteiger partial charge in [0.1, 0.15) is 17.2 Å². The quantitative estimate of drug-likeness (QED) is 0.595. The Morgan fingerprint density at radius 1 is 1.15 bits per heavy atom. The summed E-state index contributed by atoms with van der Waals surface area (Å²) < 4.78 is 37.3. The van der Waals surface area contributed by atoms with Crippen molar-refractivity contribution in [3.05, 3.63) is 47.5 Å². The van der Waals surface area contributed by atoms with Crippen LogP contribution in [-0.2, 0) is 14.3 Å². The number of nitrogens with zero attached hydrogens (tertiary/aromatic N) is 1. The summed E-state index contributed by atoms with van der Waals surface area (Å²) in [5.41, 5.74) is -0.379. The number of likely N-dealkylation sites (tertiary alicyclic amines) is 1. The molecule has 26 heavy (non-hydrogen) atoms. The first-order valence-electron chi connectivity index (χ1n) is 8.34. The Bertz CT molecular complexity index is 692. The van der Waals surface area contributed by atoms with Crippen LogP contribution in [0.25, 0.3) is 0 Å². The molecule has 2 atom stereocenters. The van der Waals surface area contributed by atoms with Crippen molar-refractivity contribution in [1.29, 1.82) is 0 Å². The summed E-state index contributed by atoms with van der Waals surface area (Å²) in [6.45, 7) is 5.20. The van der Waals surface area contributed by atoms with Gasteiger partial charge in [-0.25, -0.2) is 18.4 Å². The fraction of sp³-hybridized carbons (Fsp3) is 0.474. The first-order valence-corrected chi connectivity index (χ1v) is 8.34. The van der Waals surface area contributed by atoms with Crippen LogP contribution in [0.1, 0.15) is 45.2 Å². The fourth-order valence-electron chi connectivity index (χ4n) is 2.96. The minimum atomic E-state index is -0.728. The van der Waals surface area contributed by atoms with Crippen LogP contribution < -0.4 is 0 Å². The third-order valence-electron chi connectivity index (χ3n) is 3.96. The molecule has 7 heteroatoms. The van der Waals surface area contributed by atoms with Gasteiger partial charge in [-0.2, -0.15) is 0 Å². The summed E-state index contributed by atoms with van der Waals surface area (Å²) in [6, 6.07) is 2.20. The molecule has 0 unspecified atom stereocenters. The molecule has 0 aliphatic carbocycles. The molecular formula is C19H23F2NO4. The summed E-state index contributed by atoms with van der Waals surface area (Å²) in [4.78, 5) is 25.5. The molecule has 0 aromatic heterocycles. The van der Waals surface area contributed by atoms with E-state index in [0.29, 0.717) is 18.4 Å². The molecular weight excluding hydrogens is 344 g/mol. The van der Waals surface area contributed by atoms with Gasteiger partial charge in [-0.3, -0.25) is 4.90 Å². The topological polar surface area (TPSA) is 55.8 Å². The minimum Gasteiger partial charge on any atom is -0.466 e. The van der Waals surface area contributed by atoms with Gasteiger partial charge < -0.3 is 9.47 Å². The zero-order chi connectivity index (χ0) is 19.5. The maximum Gasteiger partial charge on any atom is 0.411 e. The van der Waals surface area contributed by atoms with E-state index in [0.717, 1.165) is 6.07 Å². The van der Waals surface area contributed by atoms with Gasteiger partial charge in [0.25, 0.3) is 0 Å². The van der Waals surface area contributed by atoms with E-state index in [4.69, 9.17) is 4.74 Å². The van der Waals surface area contributed by atoms with Crippen molar-refractivity contribution >= 4 is 12.1 Å². The number of carbonyl (C=O) groups excluding carboxylic acids is 2. The summed E-state index contributed by atoms with van der Waals surface area (Å²) in [6.07, 6.45) is 3.18. The highest BCUT2D eigenvalue weighted by molar-refractivity contribution is 5.82. The second kappa shape index (κ2) is 7.85. The largest absolute Gasteiger partial charge is 0.466 e. The summed E-state index contributed by atoms with van der Waals surface area (Å²) in [7, 11) is 1.26. The Morgan fingerprint density at radius 3 is 2.31 bits per heavy atom. The second-order valence-corrected chi connectivity index (χ2v) is 7.13. The van der Waals surface area contributed by atoms with E-state index in [2.05, 4.69) is 4.74 Å². The Labute approximate surface area is 151 Å². The Balaban J connectivity index is 2.35. The number of ether oxygens (including phenoxy) is 2. The maximum absolute atomic E-state index is 13.6. The monoisotopic (exact) mass is 367 g/mol. The van der Waals surface area contributed by atoms with E-state index >= 15 is 0 Å². The maximum atomic E-state index is 13.6. The molecule has 1 amide bonds. The van der Waals surface area contributed by atoms with Crippen LogP contribution >= 0.6 is 0 Å². The molecule has 1 heterocycles. The van der Waals surface area contributed by atoms with Crippen LogP contribution in [0.5, 0.6) is 0 Å². The Hall–Kier alpha value is -2.44. The van der Waals surface area contributed by atoms with E-state index < -0.39 is 41.4 Å². The minimum absolute atomic E-state index is 0.349. The third-order valence-corrected chi connectivity index (χ3v) is 3.96. The lowest BCUT2D eigenvalue weighted by atomic mass is 10.0. The number of esters is 1. The standard InChI is InChI=1S/C19H23F2NO4/c1-19(2,3)26-18(24)22-15(6-8-17(23)25-4)5-7-16(22)12-9-13(20)11-14(21)10-12/h6,8-11,15-16H,5,7H2,1-4H3/b8-6+/t15-,16+/m1/s1. The first-order chi connectivity index (χ1) is 12.1. The highest BCUT2D eigenvalue weighted by atomic mass is 19.1.